The van der Waals surface area contributed by atoms with E-state index < -0.39 is 0 Å². The number of rotatable bonds is 3. The standard InChI is InChI=1S/C47H36BrClS/c1-27-19-34-21-36(20-27)47(26-28(34)2)41-17-13-32(33-14-18-45-39(22-33)38-5-3-4-6-44(38)50-45)23-40(41)46-42(47)24-35(25-43(46)49)31-9-7-29(8-10-31)30-11-15-37(48)16-12-30/h3-18,22-27,34,36H,19-21H2,1-2H3. The number of hydrogen-bond donors (Lipinski definition) is 0. The number of allylic oxidation sites excluding steroid dienone is 2. The molecule has 0 amide bonds. The first-order chi connectivity index (χ1) is 24.4. The van der Waals surface area contributed by atoms with Gasteiger partial charge in [-0.15, -0.1) is 11.3 Å². The Labute approximate surface area is 311 Å². The first kappa shape index (κ1) is 30.8. The van der Waals surface area contributed by atoms with Gasteiger partial charge >= 0.3 is 0 Å². The van der Waals surface area contributed by atoms with Crippen molar-refractivity contribution in [2.75, 3.05) is 0 Å². The van der Waals surface area contributed by atoms with Crippen LogP contribution in [0.5, 0.6) is 0 Å². The lowest BCUT2D eigenvalue weighted by molar-refractivity contribution is 0.168. The Kier molecular flexibility index (Phi) is 7.12. The predicted octanol–water partition coefficient (Wildman–Crippen LogP) is 14.8. The van der Waals surface area contributed by atoms with E-state index in [1.165, 1.54) is 95.1 Å². The van der Waals surface area contributed by atoms with Gasteiger partial charge in [0, 0.05) is 40.6 Å². The van der Waals surface area contributed by atoms with Gasteiger partial charge in [0.2, 0.25) is 0 Å². The summed E-state index contributed by atoms with van der Waals surface area (Å²) in [6, 6.07) is 45.2. The average molecular weight is 748 g/mol. The van der Waals surface area contributed by atoms with E-state index in [4.69, 9.17) is 11.6 Å². The van der Waals surface area contributed by atoms with E-state index in [1.807, 2.05) is 11.3 Å². The minimum absolute atomic E-state index is 0.178. The summed E-state index contributed by atoms with van der Waals surface area (Å²) in [5.41, 5.74) is 14.0. The summed E-state index contributed by atoms with van der Waals surface area (Å²) >= 11 is 12.9. The van der Waals surface area contributed by atoms with Gasteiger partial charge in [-0.2, -0.15) is 0 Å². The third kappa shape index (κ3) is 4.68. The molecule has 1 fully saturated rings. The van der Waals surface area contributed by atoms with Gasteiger partial charge in [-0.25, -0.2) is 0 Å². The Morgan fingerprint density at radius 1 is 0.640 bits per heavy atom. The van der Waals surface area contributed by atoms with Crippen molar-refractivity contribution < 1.29 is 0 Å². The normalized spacial score (nSPS) is 22.2. The predicted molar refractivity (Wildman–Crippen MR) is 218 cm³/mol. The van der Waals surface area contributed by atoms with E-state index in [2.05, 4.69) is 157 Å². The largest absolute Gasteiger partial charge is 0.135 e. The van der Waals surface area contributed by atoms with Crippen LogP contribution < -0.4 is 0 Å². The maximum absolute atomic E-state index is 7.50. The number of halogens is 2. The molecule has 244 valence electrons. The van der Waals surface area contributed by atoms with Gasteiger partial charge in [-0.1, -0.05) is 119 Å². The molecule has 0 N–H and O–H groups in total. The molecule has 3 aliphatic carbocycles. The van der Waals surface area contributed by atoms with Crippen LogP contribution in [0.3, 0.4) is 0 Å². The molecular formula is C47H36BrClS. The lowest BCUT2D eigenvalue weighted by atomic mass is 9.55. The highest BCUT2D eigenvalue weighted by Crippen LogP contribution is 2.63. The molecule has 0 saturated heterocycles. The molecular weight excluding hydrogens is 712 g/mol. The maximum Gasteiger partial charge on any atom is 0.0493 e. The Bertz CT molecular complexity index is 2520. The van der Waals surface area contributed by atoms with E-state index >= 15 is 0 Å². The second kappa shape index (κ2) is 11.5. The summed E-state index contributed by atoms with van der Waals surface area (Å²) in [4.78, 5) is 0. The summed E-state index contributed by atoms with van der Waals surface area (Å²) in [5, 5.41) is 3.52. The maximum atomic E-state index is 7.50. The Morgan fingerprint density at radius 3 is 2.10 bits per heavy atom. The highest BCUT2D eigenvalue weighted by atomic mass is 79.9. The molecule has 7 aromatic rings. The highest BCUT2D eigenvalue weighted by molar-refractivity contribution is 9.10. The van der Waals surface area contributed by atoms with Crippen molar-refractivity contribution in [2.24, 2.45) is 17.8 Å². The minimum atomic E-state index is -0.178. The SMILES string of the molecule is CC1=CC2(c3ccc(-c4ccc5sc6ccccc6c5c4)cc3-c3c(Cl)cc(-c4ccc(-c5ccc(Br)cc5)cc4)cc32)C2CC(C)CC1C2. The van der Waals surface area contributed by atoms with Crippen molar-refractivity contribution in [1.82, 2.24) is 0 Å². The first-order valence-corrected chi connectivity index (χ1v) is 19.8. The lowest BCUT2D eigenvalue weighted by Crippen LogP contribution is -2.42. The molecule has 50 heavy (non-hydrogen) atoms. The fourth-order valence-electron chi connectivity index (χ4n) is 9.75. The third-order valence-electron chi connectivity index (χ3n) is 12.1. The zero-order chi connectivity index (χ0) is 33.7. The van der Waals surface area contributed by atoms with Crippen LogP contribution in [0.2, 0.25) is 5.02 Å². The van der Waals surface area contributed by atoms with Crippen molar-refractivity contribution in [3.8, 4) is 44.5 Å². The molecule has 10 rings (SSSR count). The minimum Gasteiger partial charge on any atom is -0.135 e. The molecule has 1 heterocycles. The molecule has 4 unspecified atom stereocenters. The molecule has 1 aromatic heterocycles. The monoisotopic (exact) mass is 746 g/mol. The quantitative estimate of drug-likeness (QED) is 0.158. The van der Waals surface area contributed by atoms with Crippen LogP contribution >= 0.6 is 38.9 Å². The second-order valence-electron chi connectivity index (χ2n) is 15.0. The summed E-state index contributed by atoms with van der Waals surface area (Å²) in [7, 11) is 0. The molecule has 1 saturated carbocycles. The van der Waals surface area contributed by atoms with Crippen LogP contribution in [0, 0.1) is 17.8 Å². The Balaban J connectivity index is 1.15. The van der Waals surface area contributed by atoms with E-state index in [0.717, 1.165) is 9.50 Å². The highest BCUT2D eigenvalue weighted by Gasteiger charge is 2.52. The molecule has 1 spiro atoms. The molecule has 0 radical (unpaired) electrons. The second-order valence-corrected chi connectivity index (χ2v) is 17.4. The fraction of sp³-hybridized carbons (Fsp3) is 0.191. The smallest absolute Gasteiger partial charge is 0.0493 e. The van der Waals surface area contributed by atoms with E-state index in [1.54, 1.807) is 5.57 Å². The molecule has 0 aliphatic heterocycles. The fourth-order valence-corrected chi connectivity index (χ4v) is 11.4. The summed E-state index contributed by atoms with van der Waals surface area (Å²) in [6.07, 6.45) is 6.46. The van der Waals surface area contributed by atoms with Gasteiger partial charge in [-0.05, 0) is 143 Å². The molecule has 0 nitrogen and oxygen atoms in total. The van der Waals surface area contributed by atoms with Crippen molar-refractivity contribution in [3.05, 3.63) is 154 Å². The van der Waals surface area contributed by atoms with E-state index in [-0.39, 0.29) is 5.41 Å². The third-order valence-corrected chi connectivity index (χ3v) is 14.0. The van der Waals surface area contributed by atoms with Crippen LogP contribution in [-0.4, -0.2) is 0 Å². The number of benzene rings is 6. The van der Waals surface area contributed by atoms with Crippen LogP contribution in [0.25, 0.3) is 64.7 Å². The van der Waals surface area contributed by atoms with Crippen LogP contribution in [0.1, 0.15) is 44.2 Å². The van der Waals surface area contributed by atoms with Crippen LogP contribution in [0.15, 0.2) is 137 Å². The van der Waals surface area contributed by atoms with Gasteiger partial charge in [0.05, 0.1) is 0 Å². The molecule has 4 atom stereocenters. The average Bonchev–Trinajstić information content (AvgIpc) is 3.64. The number of fused-ring (bicyclic) bond motifs is 11. The van der Waals surface area contributed by atoms with E-state index in [9.17, 15) is 0 Å². The molecule has 3 aliphatic rings. The van der Waals surface area contributed by atoms with E-state index in [0.29, 0.717) is 17.8 Å². The summed E-state index contributed by atoms with van der Waals surface area (Å²) < 4.78 is 3.77. The lowest BCUT2D eigenvalue weighted by Gasteiger charge is -2.49. The van der Waals surface area contributed by atoms with Gasteiger partial charge in [-0.3, -0.25) is 0 Å². The molecule has 6 aromatic carbocycles. The van der Waals surface area contributed by atoms with Crippen molar-refractivity contribution >= 4 is 59.0 Å². The zero-order valence-corrected chi connectivity index (χ0v) is 31.3. The Morgan fingerprint density at radius 2 is 1.30 bits per heavy atom. The van der Waals surface area contributed by atoms with Crippen LogP contribution in [-0.2, 0) is 5.41 Å². The van der Waals surface area contributed by atoms with Crippen molar-refractivity contribution in [1.29, 1.82) is 0 Å². The zero-order valence-electron chi connectivity index (χ0n) is 28.1. The van der Waals surface area contributed by atoms with Gasteiger partial charge in [0.15, 0.2) is 0 Å². The van der Waals surface area contributed by atoms with Crippen molar-refractivity contribution in [2.45, 2.75) is 38.5 Å². The summed E-state index contributed by atoms with van der Waals surface area (Å²) in [6.45, 7) is 4.85. The first-order valence-electron chi connectivity index (χ1n) is 17.8. The molecule has 3 heteroatoms. The molecule has 2 bridgehead atoms. The summed E-state index contributed by atoms with van der Waals surface area (Å²) in [5.74, 6) is 1.94. The Hall–Kier alpha value is -3.95. The van der Waals surface area contributed by atoms with Crippen molar-refractivity contribution in [3.63, 3.8) is 0 Å². The van der Waals surface area contributed by atoms with Gasteiger partial charge < -0.3 is 0 Å². The van der Waals surface area contributed by atoms with Gasteiger partial charge in [0.1, 0.15) is 0 Å². The van der Waals surface area contributed by atoms with Crippen LogP contribution in [0.4, 0.5) is 0 Å². The topological polar surface area (TPSA) is 0 Å². The number of thiophene rings is 1. The number of hydrogen-bond acceptors (Lipinski definition) is 1. The van der Waals surface area contributed by atoms with Gasteiger partial charge in [0.25, 0.3) is 0 Å².